The van der Waals surface area contributed by atoms with Crippen LogP contribution in [-0.2, 0) is 11.2 Å². The number of carbonyl (C=O) groups is 1. The summed E-state index contributed by atoms with van der Waals surface area (Å²) in [6, 6.07) is 0. The predicted octanol–water partition coefficient (Wildman–Crippen LogP) is 0.222. The molecule has 2 aromatic heterocycles. The highest BCUT2D eigenvalue weighted by Gasteiger charge is 2.05. The summed E-state index contributed by atoms with van der Waals surface area (Å²) in [7, 11) is 0. The molecule has 72 valence electrons. The van der Waals surface area contributed by atoms with Crippen molar-refractivity contribution in [3.05, 3.63) is 30.4 Å². The van der Waals surface area contributed by atoms with E-state index in [0.29, 0.717) is 11.5 Å². The minimum atomic E-state index is -0.871. The van der Waals surface area contributed by atoms with E-state index >= 15 is 0 Å². The van der Waals surface area contributed by atoms with Crippen LogP contribution in [0.2, 0.25) is 0 Å². The van der Waals surface area contributed by atoms with E-state index < -0.39 is 5.97 Å². The summed E-state index contributed by atoms with van der Waals surface area (Å²) in [5.74, 6) is -0.300. The van der Waals surface area contributed by atoms with E-state index in [2.05, 4.69) is 15.1 Å². The molecular formula is C8H8N4O2. The van der Waals surface area contributed by atoms with Gasteiger partial charge in [0.25, 0.3) is 0 Å². The minimum Gasteiger partial charge on any atom is -0.481 e. The van der Waals surface area contributed by atoms with Crippen molar-refractivity contribution in [2.45, 2.75) is 6.42 Å². The Morgan fingerprint density at radius 2 is 2.50 bits per heavy atom. The molecule has 0 aliphatic rings. The predicted molar refractivity (Wildman–Crippen MR) is 47.0 cm³/mol. The van der Waals surface area contributed by atoms with Crippen LogP contribution in [0, 0.1) is 0 Å². The fourth-order valence-electron chi connectivity index (χ4n) is 1.12. The molecule has 0 saturated carbocycles. The van der Waals surface area contributed by atoms with Crippen molar-refractivity contribution in [2.75, 3.05) is 0 Å². The van der Waals surface area contributed by atoms with E-state index in [-0.39, 0.29) is 6.42 Å². The van der Waals surface area contributed by atoms with Crippen LogP contribution < -0.4 is 0 Å². The van der Waals surface area contributed by atoms with Gasteiger partial charge in [-0.25, -0.2) is 9.67 Å². The highest BCUT2D eigenvalue weighted by Crippen LogP contribution is 2.03. The number of aromatic nitrogens is 4. The average molecular weight is 192 g/mol. The van der Waals surface area contributed by atoms with Crippen molar-refractivity contribution in [2.24, 2.45) is 0 Å². The van der Waals surface area contributed by atoms with E-state index in [9.17, 15) is 4.79 Å². The van der Waals surface area contributed by atoms with Gasteiger partial charge in [0.15, 0.2) is 0 Å². The minimum absolute atomic E-state index is 0.0271. The number of rotatable bonds is 3. The van der Waals surface area contributed by atoms with E-state index in [1.54, 1.807) is 18.6 Å². The Morgan fingerprint density at radius 1 is 1.64 bits per heavy atom. The maximum Gasteiger partial charge on any atom is 0.307 e. The standard InChI is InChI=1S/C8H8N4O2/c13-7(14)3-6-4-11-12(5-6)8-9-1-2-10-8/h1-2,4-5H,3H2,(H,9,10)(H,13,14). The number of imidazole rings is 1. The number of H-pyrrole nitrogens is 1. The van der Waals surface area contributed by atoms with Crippen LogP contribution in [0.1, 0.15) is 5.56 Å². The molecule has 0 aliphatic heterocycles. The molecular weight excluding hydrogens is 184 g/mol. The number of hydrogen-bond acceptors (Lipinski definition) is 3. The molecule has 0 unspecified atom stereocenters. The number of carboxylic acid groups (broad SMARTS) is 1. The SMILES string of the molecule is O=C(O)Cc1cnn(-c2ncc[nH]2)c1. The second-order valence-corrected chi connectivity index (χ2v) is 2.78. The summed E-state index contributed by atoms with van der Waals surface area (Å²) in [6.45, 7) is 0. The van der Waals surface area contributed by atoms with Crippen molar-refractivity contribution >= 4 is 5.97 Å². The van der Waals surface area contributed by atoms with E-state index in [1.807, 2.05) is 0 Å². The van der Waals surface area contributed by atoms with Crippen molar-refractivity contribution < 1.29 is 9.90 Å². The summed E-state index contributed by atoms with van der Waals surface area (Å²) in [4.78, 5) is 17.2. The summed E-state index contributed by atoms with van der Waals surface area (Å²) in [5, 5.41) is 12.5. The van der Waals surface area contributed by atoms with E-state index in [4.69, 9.17) is 5.11 Å². The molecule has 0 aliphatic carbocycles. The highest BCUT2D eigenvalue weighted by molar-refractivity contribution is 5.69. The molecule has 0 spiro atoms. The van der Waals surface area contributed by atoms with Crippen molar-refractivity contribution in [1.29, 1.82) is 0 Å². The van der Waals surface area contributed by atoms with Gasteiger partial charge >= 0.3 is 5.97 Å². The van der Waals surface area contributed by atoms with E-state index in [1.165, 1.54) is 10.9 Å². The molecule has 0 amide bonds. The number of nitrogens with one attached hydrogen (secondary N) is 1. The molecule has 0 aromatic carbocycles. The van der Waals surface area contributed by atoms with Gasteiger partial charge in [-0.1, -0.05) is 0 Å². The monoisotopic (exact) mass is 192 g/mol. The first-order chi connectivity index (χ1) is 6.75. The number of hydrogen-bond donors (Lipinski definition) is 2. The molecule has 2 heterocycles. The van der Waals surface area contributed by atoms with Gasteiger partial charge in [-0.05, 0) is 0 Å². The Morgan fingerprint density at radius 3 is 3.14 bits per heavy atom. The molecule has 2 rings (SSSR count). The number of aliphatic carboxylic acids is 1. The first kappa shape index (κ1) is 8.49. The number of nitrogens with zero attached hydrogens (tertiary/aromatic N) is 3. The van der Waals surface area contributed by atoms with E-state index in [0.717, 1.165) is 0 Å². The Balaban J connectivity index is 2.22. The first-order valence-corrected chi connectivity index (χ1v) is 4.01. The molecule has 0 fully saturated rings. The van der Waals surface area contributed by atoms with Gasteiger partial charge in [-0.2, -0.15) is 5.10 Å². The Hall–Kier alpha value is -2.11. The van der Waals surface area contributed by atoms with Crippen LogP contribution in [0.5, 0.6) is 0 Å². The topological polar surface area (TPSA) is 83.8 Å². The molecule has 0 atom stereocenters. The van der Waals surface area contributed by atoms with Crippen LogP contribution in [0.4, 0.5) is 0 Å². The van der Waals surface area contributed by atoms with Gasteiger partial charge in [-0.3, -0.25) is 4.79 Å². The third-order valence-corrected chi connectivity index (χ3v) is 1.69. The normalized spacial score (nSPS) is 10.3. The lowest BCUT2D eigenvalue weighted by Crippen LogP contribution is -1.99. The molecule has 6 heteroatoms. The smallest absolute Gasteiger partial charge is 0.307 e. The van der Waals surface area contributed by atoms with Crippen LogP contribution in [0.3, 0.4) is 0 Å². The highest BCUT2D eigenvalue weighted by atomic mass is 16.4. The Bertz CT molecular complexity index is 432. The van der Waals surface area contributed by atoms with Gasteiger partial charge in [0.2, 0.25) is 5.95 Å². The molecule has 2 aromatic rings. The zero-order valence-electron chi connectivity index (χ0n) is 7.21. The van der Waals surface area contributed by atoms with Crippen LogP contribution in [0.25, 0.3) is 5.95 Å². The second-order valence-electron chi connectivity index (χ2n) is 2.78. The zero-order chi connectivity index (χ0) is 9.97. The van der Waals surface area contributed by atoms with Gasteiger partial charge in [0, 0.05) is 24.2 Å². The lowest BCUT2D eigenvalue weighted by molar-refractivity contribution is -0.136. The largest absolute Gasteiger partial charge is 0.481 e. The fourth-order valence-corrected chi connectivity index (χ4v) is 1.12. The maximum atomic E-state index is 10.4. The maximum absolute atomic E-state index is 10.4. The van der Waals surface area contributed by atoms with Gasteiger partial charge in [0.05, 0.1) is 12.6 Å². The number of aromatic amines is 1. The van der Waals surface area contributed by atoms with Gasteiger partial charge in [0.1, 0.15) is 0 Å². The molecule has 0 radical (unpaired) electrons. The first-order valence-electron chi connectivity index (χ1n) is 4.01. The third kappa shape index (κ3) is 1.63. The van der Waals surface area contributed by atoms with Crippen LogP contribution >= 0.6 is 0 Å². The molecule has 14 heavy (non-hydrogen) atoms. The zero-order valence-corrected chi connectivity index (χ0v) is 7.21. The summed E-state index contributed by atoms with van der Waals surface area (Å²) < 4.78 is 1.50. The summed E-state index contributed by atoms with van der Waals surface area (Å²) in [6.07, 6.45) is 6.39. The van der Waals surface area contributed by atoms with Gasteiger partial charge < -0.3 is 10.1 Å². The van der Waals surface area contributed by atoms with Crippen molar-refractivity contribution in [3.63, 3.8) is 0 Å². The average Bonchev–Trinajstić information content (AvgIpc) is 2.69. The molecule has 2 N–H and O–H groups in total. The molecule has 0 saturated heterocycles. The molecule has 6 nitrogen and oxygen atoms in total. The number of carboxylic acids is 1. The Labute approximate surface area is 79.2 Å². The lowest BCUT2D eigenvalue weighted by Gasteiger charge is -1.92. The summed E-state index contributed by atoms with van der Waals surface area (Å²) >= 11 is 0. The summed E-state index contributed by atoms with van der Waals surface area (Å²) in [5.41, 5.74) is 0.647. The lowest BCUT2D eigenvalue weighted by atomic mass is 10.3. The second kappa shape index (κ2) is 3.33. The van der Waals surface area contributed by atoms with Crippen molar-refractivity contribution in [3.8, 4) is 5.95 Å². The van der Waals surface area contributed by atoms with Gasteiger partial charge in [-0.15, -0.1) is 0 Å². The van der Waals surface area contributed by atoms with Crippen LogP contribution in [-0.4, -0.2) is 30.8 Å². The molecule has 0 bridgehead atoms. The Kier molecular flexibility index (Phi) is 2.02. The third-order valence-electron chi connectivity index (χ3n) is 1.69. The van der Waals surface area contributed by atoms with Crippen molar-refractivity contribution in [1.82, 2.24) is 19.7 Å². The fraction of sp³-hybridized carbons (Fsp3) is 0.125. The van der Waals surface area contributed by atoms with Crippen LogP contribution in [0.15, 0.2) is 24.8 Å². The quantitative estimate of drug-likeness (QED) is 0.728.